The van der Waals surface area contributed by atoms with Gasteiger partial charge in [-0.15, -0.1) is 0 Å². The van der Waals surface area contributed by atoms with Gasteiger partial charge in [-0.25, -0.2) is 4.79 Å². The van der Waals surface area contributed by atoms with Crippen LogP contribution in [0.4, 0.5) is 0 Å². The van der Waals surface area contributed by atoms with Gasteiger partial charge in [-0.1, -0.05) is 6.07 Å². The van der Waals surface area contributed by atoms with E-state index in [1.807, 2.05) is 0 Å². The number of hydrogen-bond acceptors (Lipinski definition) is 5. The van der Waals surface area contributed by atoms with E-state index in [0.717, 1.165) is 0 Å². The molecular weight excluding hydrogens is 226 g/mol. The summed E-state index contributed by atoms with van der Waals surface area (Å²) in [5, 5.41) is 18.1. The number of benzene rings is 1. The number of carbonyl (C=O) groups excluding carboxylic acids is 1. The van der Waals surface area contributed by atoms with Gasteiger partial charge in [0.1, 0.15) is 17.4 Å². The zero-order chi connectivity index (χ0) is 13.0. The quantitative estimate of drug-likeness (QED) is 0.644. The molecule has 0 heterocycles. The summed E-state index contributed by atoms with van der Waals surface area (Å²) in [5.74, 6) is -2.14. The number of aromatic hydroxyl groups is 1. The number of phenols is 1. The maximum Gasteiger partial charge on any atom is 0.339 e. The fourth-order valence-electron chi connectivity index (χ4n) is 1.37. The van der Waals surface area contributed by atoms with Gasteiger partial charge in [0.15, 0.2) is 0 Å². The molecule has 6 heteroatoms. The van der Waals surface area contributed by atoms with E-state index < -0.39 is 18.0 Å². The molecule has 6 nitrogen and oxygen atoms in total. The van der Waals surface area contributed by atoms with Crippen LogP contribution in [0.1, 0.15) is 15.9 Å². The molecular formula is C11H13NO5. The Morgan fingerprint density at radius 1 is 1.47 bits per heavy atom. The second-order valence-electron chi connectivity index (χ2n) is 3.49. The fourth-order valence-corrected chi connectivity index (χ4v) is 1.37. The van der Waals surface area contributed by atoms with Crippen LogP contribution < -0.4 is 5.73 Å². The number of carboxylic acid groups (broad SMARTS) is 1. The third-order valence-corrected chi connectivity index (χ3v) is 2.25. The minimum absolute atomic E-state index is 0.146. The molecule has 0 fully saturated rings. The molecule has 1 atom stereocenters. The Balaban J connectivity index is 2.90. The molecule has 0 aromatic heterocycles. The van der Waals surface area contributed by atoms with Crippen LogP contribution in [0.5, 0.6) is 5.75 Å². The Morgan fingerprint density at radius 2 is 2.12 bits per heavy atom. The van der Waals surface area contributed by atoms with Crippen molar-refractivity contribution in [2.24, 2.45) is 5.73 Å². The van der Waals surface area contributed by atoms with Crippen LogP contribution in [0, 0.1) is 0 Å². The fraction of sp³-hybridized carbons (Fsp3) is 0.273. The molecule has 0 radical (unpaired) electrons. The van der Waals surface area contributed by atoms with Crippen LogP contribution in [-0.2, 0) is 16.0 Å². The van der Waals surface area contributed by atoms with Gasteiger partial charge < -0.3 is 20.7 Å². The minimum atomic E-state index is -1.24. The normalized spacial score (nSPS) is 11.9. The van der Waals surface area contributed by atoms with E-state index >= 15 is 0 Å². The van der Waals surface area contributed by atoms with Crippen molar-refractivity contribution in [3.05, 3.63) is 29.3 Å². The van der Waals surface area contributed by atoms with Crippen molar-refractivity contribution in [3.8, 4) is 5.75 Å². The van der Waals surface area contributed by atoms with Gasteiger partial charge in [-0.05, 0) is 24.1 Å². The first kappa shape index (κ1) is 13.0. The Labute approximate surface area is 97.6 Å². The molecule has 0 aliphatic carbocycles. The Morgan fingerprint density at radius 3 is 2.65 bits per heavy atom. The molecule has 0 spiro atoms. The lowest BCUT2D eigenvalue weighted by Gasteiger charge is -2.10. The number of esters is 1. The number of methoxy groups -OCH3 is 1. The lowest BCUT2D eigenvalue weighted by atomic mass is 10.0. The van der Waals surface area contributed by atoms with Gasteiger partial charge in [-0.2, -0.15) is 0 Å². The van der Waals surface area contributed by atoms with Gasteiger partial charge in [-0.3, -0.25) is 4.79 Å². The van der Waals surface area contributed by atoms with Crippen molar-refractivity contribution >= 4 is 11.9 Å². The summed E-state index contributed by atoms with van der Waals surface area (Å²) in [7, 11) is 1.22. The molecule has 0 unspecified atom stereocenters. The van der Waals surface area contributed by atoms with Crippen molar-refractivity contribution in [1.29, 1.82) is 0 Å². The number of carboxylic acids is 1. The van der Waals surface area contributed by atoms with Crippen LogP contribution in [0.15, 0.2) is 18.2 Å². The number of hydrogen-bond donors (Lipinski definition) is 3. The van der Waals surface area contributed by atoms with E-state index in [2.05, 4.69) is 4.74 Å². The standard InChI is InChI=1S/C11H13NO5/c1-17-11(16)8(12)5-6-2-3-9(13)7(4-6)10(14)15/h2-4,8,13H,5,12H2,1H3,(H,14,15)/t8-/m0/s1. The van der Waals surface area contributed by atoms with Gasteiger partial charge in [0, 0.05) is 0 Å². The highest BCUT2D eigenvalue weighted by atomic mass is 16.5. The van der Waals surface area contributed by atoms with Gasteiger partial charge in [0.2, 0.25) is 0 Å². The Bertz CT molecular complexity index is 443. The zero-order valence-electron chi connectivity index (χ0n) is 9.21. The van der Waals surface area contributed by atoms with Crippen LogP contribution >= 0.6 is 0 Å². The summed E-state index contributed by atoms with van der Waals surface area (Å²) >= 11 is 0. The average molecular weight is 239 g/mol. The Hall–Kier alpha value is -2.08. The molecule has 4 N–H and O–H groups in total. The van der Waals surface area contributed by atoms with Gasteiger partial charge >= 0.3 is 11.9 Å². The van der Waals surface area contributed by atoms with Gasteiger partial charge in [0.25, 0.3) is 0 Å². The summed E-state index contributed by atoms with van der Waals surface area (Å²) in [6.07, 6.45) is 0.146. The number of nitrogens with two attached hydrogens (primary N) is 1. The maximum atomic E-state index is 11.1. The second-order valence-corrected chi connectivity index (χ2v) is 3.49. The topological polar surface area (TPSA) is 110 Å². The molecule has 1 aromatic carbocycles. The first-order valence-corrected chi connectivity index (χ1v) is 4.84. The molecule has 0 saturated heterocycles. The number of ether oxygens (including phenoxy) is 1. The summed E-state index contributed by atoms with van der Waals surface area (Å²) < 4.78 is 4.46. The van der Waals surface area contributed by atoms with E-state index in [1.165, 1.54) is 25.3 Å². The van der Waals surface area contributed by atoms with E-state index in [1.54, 1.807) is 0 Å². The van der Waals surface area contributed by atoms with Gasteiger partial charge in [0.05, 0.1) is 7.11 Å². The van der Waals surface area contributed by atoms with Crippen LogP contribution in [0.25, 0.3) is 0 Å². The molecule has 92 valence electrons. The second kappa shape index (κ2) is 5.31. The first-order valence-electron chi connectivity index (χ1n) is 4.84. The lowest BCUT2D eigenvalue weighted by Crippen LogP contribution is -2.33. The molecule has 0 aliphatic heterocycles. The van der Waals surface area contributed by atoms with Crippen molar-refractivity contribution in [1.82, 2.24) is 0 Å². The molecule has 1 rings (SSSR count). The molecule has 0 saturated carbocycles. The third kappa shape index (κ3) is 3.18. The van der Waals surface area contributed by atoms with Crippen LogP contribution in [0.2, 0.25) is 0 Å². The number of rotatable bonds is 4. The molecule has 17 heavy (non-hydrogen) atoms. The summed E-state index contributed by atoms with van der Waals surface area (Å²) in [4.78, 5) is 21.9. The van der Waals surface area contributed by atoms with E-state index in [0.29, 0.717) is 5.56 Å². The molecule has 0 amide bonds. The highest BCUT2D eigenvalue weighted by molar-refractivity contribution is 5.91. The monoisotopic (exact) mass is 239 g/mol. The highest BCUT2D eigenvalue weighted by Gasteiger charge is 2.16. The van der Waals surface area contributed by atoms with E-state index in [-0.39, 0.29) is 17.7 Å². The minimum Gasteiger partial charge on any atom is -0.507 e. The molecule has 0 bridgehead atoms. The SMILES string of the molecule is COC(=O)[C@@H](N)Cc1ccc(O)c(C(=O)O)c1. The molecule has 1 aromatic rings. The first-order chi connectivity index (χ1) is 7.95. The van der Waals surface area contributed by atoms with E-state index in [9.17, 15) is 14.7 Å². The average Bonchev–Trinajstić information content (AvgIpc) is 2.30. The predicted molar refractivity (Wildman–Crippen MR) is 58.8 cm³/mol. The molecule has 0 aliphatic rings. The van der Waals surface area contributed by atoms with Crippen LogP contribution in [-0.4, -0.2) is 35.3 Å². The summed E-state index contributed by atoms with van der Waals surface area (Å²) in [5.41, 5.74) is 5.86. The zero-order valence-corrected chi connectivity index (χ0v) is 9.21. The van der Waals surface area contributed by atoms with Crippen molar-refractivity contribution in [2.75, 3.05) is 7.11 Å². The third-order valence-electron chi connectivity index (χ3n) is 2.25. The number of carbonyl (C=O) groups is 2. The van der Waals surface area contributed by atoms with Crippen molar-refractivity contribution < 1.29 is 24.5 Å². The van der Waals surface area contributed by atoms with E-state index in [4.69, 9.17) is 10.8 Å². The Kier molecular flexibility index (Phi) is 4.06. The smallest absolute Gasteiger partial charge is 0.339 e. The maximum absolute atomic E-state index is 11.1. The predicted octanol–water partition coefficient (Wildman–Crippen LogP) is 0.133. The largest absolute Gasteiger partial charge is 0.507 e. The summed E-state index contributed by atoms with van der Waals surface area (Å²) in [6.45, 7) is 0. The van der Waals surface area contributed by atoms with Crippen LogP contribution in [0.3, 0.4) is 0 Å². The lowest BCUT2D eigenvalue weighted by molar-refractivity contribution is -0.142. The van der Waals surface area contributed by atoms with Crippen molar-refractivity contribution in [2.45, 2.75) is 12.5 Å². The number of aromatic carboxylic acids is 1. The highest BCUT2D eigenvalue weighted by Crippen LogP contribution is 2.19. The van der Waals surface area contributed by atoms with Crippen molar-refractivity contribution in [3.63, 3.8) is 0 Å². The summed E-state index contributed by atoms with van der Waals surface area (Å²) in [6, 6.07) is 3.18.